The summed E-state index contributed by atoms with van der Waals surface area (Å²) >= 11 is 0. The molecule has 1 amide bonds. The second-order valence-electron chi connectivity index (χ2n) is 7.56. The van der Waals surface area contributed by atoms with Crippen molar-refractivity contribution in [2.45, 2.75) is 32.1 Å². The van der Waals surface area contributed by atoms with Crippen LogP contribution in [0.3, 0.4) is 0 Å². The summed E-state index contributed by atoms with van der Waals surface area (Å²) in [6.45, 7) is 0.766. The van der Waals surface area contributed by atoms with Gasteiger partial charge in [0.05, 0.1) is 0 Å². The van der Waals surface area contributed by atoms with E-state index in [2.05, 4.69) is 63.5 Å². The number of aliphatic imine (C=N–C) groups is 1. The highest BCUT2D eigenvalue weighted by Crippen LogP contribution is 2.21. The first-order chi connectivity index (χ1) is 15.6. The molecule has 0 aliphatic rings. The zero-order chi connectivity index (χ0) is 22.8. The number of amidine groups is 1. The fourth-order valence-corrected chi connectivity index (χ4v) is 3.43. The van der Waals surface area contributed by atoms with Crippen LogP contribution in [0, 0.1) is 0 Å². The quantitative estimate of drug-likeness (QED) is 0.244. The molecule has 0 bridgehead atoms. The highest BCUT2D eigenvalue weighted by atomic mass is 16.2. The van der Waals surface area contributed by atoms with Crippen molar-refractivity contribution in [3.05, 3.63) is 83.4 Å². The zero-order valence-corrected chi connectivity index (χ0v) is 18.1. The molecule has 0 radical (unpaired) electrons. The van der Waals surface area contributed by atoms with Gasteiger partial charge in [0.25, 0.3) is 5.91 Å². The van der Waals surface area contributed by atoms with E-state index in [1.807, 2.05) is 0 Å². The fraction of sp³-hybridized carbons (Fsp3) is 0.280. The standard InChI is InChI=1S/C25H29N5O2/c26-24(22-23(25(27)32)29-16-15-28-22)30-14-2-1-4-18-6-10-20(11-7-18)21-12-8-19(9-13-21)5-3-17-31/h6-13,15-16,31H,1-5,14,17H2,(H2,26,30)(H2,27,32). The Hall–Kier alpha value is -3.58. The van der Waals surface area contributed by atoms with Crippen LogP contribution in [0.1, 0.15) is 46.6 Å². The number of hydrogen-bond acceptors (Lipinski definition) is 5. The molecule has 0 spiro atoms. The Morgan fingerprint density at radius 1 is 0.781 bits per heavy atom. The number of rotatable bonds is 11. The largest absolute Gasteiger partial charge is 0.396 e. The van der Waals surface area contributed by atoms with Gasteiger partial charge in [-0.1, -0.05) is 48.5 Å². The lowest BCUT2D eigenvalue weighted by Crippen LogP contribution is -2.24. The van der Waals surface area contributed by atoms with Crippen LogP contribution >= 0.6 is 0 Å². The lowest BCUT2D eigenvalue weighted by Gasteiger charge is -2.06. The van der Waals surface area contributed by atoms with Crippen LogP contribution in [0.5, 0.6) is 0 Å². The molecule has 0 unspecified atom stereocenters. The minimum absolute atomic E-state index is 0.0358. The predicted octanol–water partition coefficient (Wildman–Crippen LogP) is 2.90. The van der Waals surface area contributed by atoms with Gasteiger partial charge in [-0.05, 0) is 54.4 Å². The number of benzene rings is 2. The van der Waals surface area contributed by atoms with E-state index in [4.69, 9.17) is 16.6 Å². The maximum Gasteiger partial charge on any atom is 0.269 e. The van der Waals surface area contributed by atoms with Crippen molar-refractivity contribution >= 4 is 11.7 Å². The number of primary amides is 1. The summed E-state index contributed by atoms with van der Waals surface area (Å²) in [5.41, 5.74) is 16.4. The van der Waals surface area contributed by atoms with Crippen LogP contribution in [-0.2, 0) is 12.8 Å². The molecule has 0 aliphatic carbocycles. The lowest BCUT2D eigenvalue weighted by molar-refractivity contribution is 0.0995. The summed E-state index contributed by atoms with van der Waals surface area (Å²) in [6.07, 6.45) is 7.34. The number of carbonyl (C=O) groups is 1. The summed E-state index contributed by atoms with van der Waals surface area (Å²) in [4.78, 5) is 23.7. The number of aliphatic hydroxyl groups is 1. The average molecular weight is 432 g/mol. The molecule has 2 aromatic carbocycles. The number of nitrogens with two attached hydrogens (primary N) is 2. The molecule has 0 saturated carbocycles. The number of aryl methyl sites for hydroxylation is 2. The van der Waals surface area contributed by atoms with Crippen LogP contribution < -0.4 is 11.5 Å². The number of hydrogen-bond donors (Lipinski definition) is 3. The molecule has 7 nitrogen and oxygen atoms in total. The maximum atomic E-state index is 11.4. The van der Waals surface area contributed by atoms with Gasteiger partial charge in [0.2, 0.25) is 0 Å². The van der Waals surface area contributed by atoms with E-state index in [-0.39, 0.29) is 23.8 Å². The third-order valence-corrected chi connectivity index (χ3v) is 5.19. The van der Waals surface area contributed by atoms with Gasteiger partial charge in [-0.3, -0.25) is 9.79 Å². The van der Waals surface area contributed by atoms with E-state index in [1.165, 1.54) is 34.6 Å². The second kappa shape index (κ2) is 11.7. The first-order valence-corrected chi connectivity index (χ1v) is 10.8. The van der Waals surface area contributed by atoms with Gasteiger partial charge in [0.15, 0.2) is 5.69 Å². The van der Waals surface area contributed by atoms with E-state index in [9.17, 15) is 4.79 Å². The van der Waals surface area contributed by atoms with Gasteiger partial charge in [-0.15, -0.1) is 0 Å². The minimum Gasteiger partial charge on any atom is -0.396 e. The summed E-state index contributed by atoms with van der Waals surface area (Å²) in [5.74, 6) is -0.494. The summed E-state index contributed by atoms with van der Waals surface area (Å²) in [7, 11) is 0. The molecule has 0 fully saturated rings. The van der Waals surface area contributed by atoms with Crippen LogP contribution in [-0.4, -0.2) is 40.0 Å². The first-order valence-electron chi connectivity index (χ1n) is 10.8. The van der Waals surface area contributed by atoms with Crippen molar-refractivity contribution in [3.63, 3.8) is 0 Å². The molecule has 0 atom stereocenters. The molecule has 0 saturated heterocycles. The van der Waals surface area contributed by atoms with E-state index in [1.54, 1.807) is 0 Å². The maximum absolute atomic E-state index is 11.4. The molecule has 3 aromatic rings. The Labute approximate surface area is 188 Å². The van der Waals surface area contributed by atoms with Gasteiger partial charge < -0.3 is 16.6 Å². The zero-order valence-electron chi connectivity index (χ0n) is 18.1. The van der Waals surface area contributed by atoms with Crippen molar-refractivity contribution in [1.29, 1.82) is 0 Å². The number of unbranched alkanes of at least 4 members (excludes halogenated alkanes) is 1. The van der Waals surface area contributed by atoms with Gasteiger partial charge in [0.1, 0.15) is 11.5 Å². The van der Waals surface area contributed by atoms with E-state index in [0.29, 0.717) is 6.54 Å². The van der Waals surface area contributed by atoms with Crippen LogP contribution in [0.25, 0.3) is 11.1 Å². The molecule has 166 valence electrons. The molecule has 32 heavy (non-hydrogen) atoms. The third kappa shape index (κ3) is 6.46. The Morgan fingerprint density at radius 3 is 1.84 bits per heavy atom. The Balaban J connectivity index is 1.48. The molecule has 0 aliphatic heterocycles. The average Bonchev–Trinajstić information content (AvgIpc) is 2.83. The van der Waals surface area contributed by atoms with Gasteiger partial charge in [0, 0.05) is 25.5 Å². The molecule has 1 aromatic heterocycles. The topological polar surface area (TPSA) is 127 Å². The number of carbonyl (C=O) groups excluding carboxylic acids is 1. The van der Waals surface area contributed by atoms with Crippen molar-refractivity contribution in [1.82, 2.24) is 9.97 Å². The Morgan fingerprint density at radius 2 is 1.31 bits per heavy atom. The number of nitrogens with zero attached hydrogens (tertiary/aromatic N) is 3. The highest BCUT2D eigenvalue weighted by Gasteiger charge is 2.13. The number of amides is 1. The van der Waals surface area contributed by atoms with E-state index < -0.39 is 5.91 Å². The normalized spacial score (nSPS) is 11.5. The second-order valence-corrected chi connectivity index (χ2v) is 7.56. The van der Waals surface area contributed by atoms with Crippen molar-refractivity contribution < 1.29 is 9.90 Å². The van der Waals surface area contributed by atoms with E-state index >= 15 is 0 Å². The smallest absolute Gasteiger partial charge is 0.269 e. The lowest BCUT2D eigenvalue weighted by atomic mass is 10.00. The highest BCUT2D eigenvalue weighted by molar-refractivity contribution is 6.05. The number of aliphatic hydroxyl groups excluding tert-OH is 1. The molecule has 5 N–H and O–H groups in total. The molecular weight excluding hydrogens is 402 g/mol. The van der Waals surface area contributed by atoms with Gasteiger partial charge in [-0.2, -0.15) is 0 Å². The minimum atomic E-state index is -0.674. The predicted molar refractivity (Wildman–Crippen MR) is 126 cm³/mol. The molecule has 7 heteroatoms. The number of aromatic nitrogens is 2. The SMILES string of the molecule is NC(=O)c1nccnc1C(N)=NCCCCc1ccc(-c2ccc(CCCO)cc2)cc1. The van der Waals surface area contributed by atoms with Gasteiger partial charge in [-0.25, -0.2) is 9.97 Å². The Kier molecular flexibility index (Phi) is 8.45. The monoisotopic (exact) mass is 431 g/mol. The third-order valence-electron chi connectivity index (χ3n) is 5.19. The van der Waals surface area contributed by atoms with Gasteiger partial charge >= 0.3 is 0 Å². The van der Waals surface area contributed by atoms with Crippen LogP contribution in [0.15, 0.2) is 65.9 Å². The van der Waals surface area contributed by atoms with Crippen molar-refractivity contribution in [2.75, 3.05) is 13.2 Å². The van der Waals surface area contributed by atoms with Crippen molar-refractivity contribution in [3.8, 4) is 11.1 Å². The fourth-order valence-electron chi connectivity index (χ4n) is 3.43. The molecular formula is C25H29N5O2. The summed E-state index contributed by atoms with van der Waals surface area (Å²) in [6, 6.07) is 17.1. The molecule has 1 heterocycles. The van der Waals surface area contributed by atoms with E-state index in [0.717, 1.165) is 32.1 Å². The Bertz CT molecular complexity index is 1050. The first kappa shape index (κ1) is 23.1. The van der Waals surface area contributed by atoms with Crippen molar-refractivity contribution in [2.24, 2.45) is 16.5 Å². The molecule has 3 rings (SSSR count). The van der Waals surface area contributed by atoms with Crippen LogP contribution in [0.2, 0.25) is 0 Å². The summed E-state index contributed by atoms with van der Waals surface area (Å²) in [5, 5.41) is 8.95. The summed E-state index contributed by atoms with van der Waals surface area (Å²) < 4.78 is 0. The van der Waals surface area contributed by atoms with Crippen LogP contribution in [0.4, 0.5) is 0 Å².